The Morgan fingerprint density at radius 3 is 2.00 bits per heavy atom. The van der Waals surface area contributed by atoms with Crippen LogP contribution in [0.15, 0.2) is 0 Å². The van der Waals surface area contributed by atoms with Gasteiger partial charge in [-0.2, -0.15) is 0 Å². The molecule has 0 aromatic carbocycles. The number of aliphatic hydroxyl groups excluding tert-OH is 1. The van der Waals surface area contributed by atoms with E-state index in [9.17, 15) is 19.5 Å². The van der Waals surface area contributed by atoms with Crippen LogP contribution in [0, 0.1) is 17.8 Å². The maximum Gasteiger partial charge on any atom is 0.323 e. The summed E-state index contributed by atoms with van der Waals surface area (Å²) in [5.41, 5.74) is 0. The van der Waals surface area contributed by atoms with Gasteiger partial charge in [0.05, 0.1) is 13.2 Å². The maximum atomic E-state index is 11.7. The average Bonchev–Trinajstić information content (AvgIpc) is 2.39. The Balaban J connectivity index is 4.89. The summed E-state index contributed by atoms with van der Waals surface area (Å²) in [4.78, 5) is 35.1. The highest BCUT2D eigenvalue weighted by Gasteiger charge is 2.40. The molecule has 112 valence electrons. The first-order chi connectivity index (χ1) is 9.49. The number of carbonyl (C=O) groups excluding carboxylic acids is 3. The number of Topliss-reactive ketones (excluding diaryl/α,β-unsaturated/α-hetero) is 1. The second kappa shape index (κ2) is 9.98. The second-order valence-corrected chi connectivity index (χ2v) is 3.82. The summed E-state index contributed by atoms with van der Waals surface area (Å²) < 4.78 is 9.38. The van der Waals surface area contributed by atoms with Crippen LogP contribution in [0.1, 0.15) is 33.6 Å². The smallest absolute Gasteiger partial charge is 0.323 e. The fraction of sp³-hybridized carbons (Fsp3) is 0.643. The normalized spacial score (nSPS) is 11.2. The van der Waals surface area contributed by atoms with Crippen LogP contribution in [-0.2, 0) is 23.9 Å². The lowest BCUT2D eigenvalue weighted by Crippen LogP contribution is -2.42. The van der Waals surface area contributed by atoms with Crippen LogP contribution in [0.25, 0.3) is 0 Å². The van der Waals surface area contributed by atoms with Gasteiger partial charge in [-0.05, 0) is 20.8 Å². The number of ether oxygens (including phenoxy) is 2. The molecule has 1 N–H and O–H groups in total. The van der Waals surface area contributed by atoms with Crippen molar-refractivity contribution in [2.45, 2.75) is 39.7 Å². The van der Waals surface area contributed by atoms with Crippen molar-refractivity contribution in [3.05, 3.63) is 0 Å². The summed E-state index contributed by atoms with van der Waals surface area (Å²) in [6.07, 6.45) is -1.56. The summed E-state index contributed by atoms with van der Waals surface area (Å²) in [6.45, 7) is 4.82. The molecule has 0 aliphatic heterocycles. The Morgan fingerprint density at radius 2 is 1.60 bits per heavy atom. The molecule has 6 heteroatoms. The van der Waals surface area contributed by atoms with Crippen molar-refractivity contribution in [1.82, 2.24) is 0 Å². The van der Waals surface area contributed by atoms with E-state index in [0.717, 1.165) is 0 Å². The molecule has 0 bridgehead atoms. The first-order valence-electron chi connectivity index (χ1n) is 6.43. The van der Waals surface area contributed by atoms with Gasteiger partial charge in [-0.25, -0.2) is 0 Å². The van der Waals surface area contributed by atoms with Gasteiger partial charge in [0, 0.05) is 12.8 Å². The molecule has 1 atom stereocenters. The van der Waals surface area contributed by atoms with Crippen molar-refractivity contribution in [3.8, 4) is 11.8 Å². The van der Waals surface area contributed by atoms with Gasteiger partial charge in [0.1, 0.15) is 6.10 Å². The number of carbonyl (C=O) groups is 3. The zero-order valence-electron chi connectivity index (χ0n) is 12.0. The van der Waals surface area contributed by atoms with E-state index in [1.54, 1.807) is 20.8 Å². The zero-order chi connectivity index (χ0) is 15.5. The summed E-state index contributed by atoms with van der Waals surface area (Å²) in [7, 11) is 0. The Morgan fingerprint density at radius 1 is 1.10 bits per heavy atom. The zero-order valence-corrected chi connectivity index (χ0v) is 12.0. The van der Waals surface area contributed by atoms with Crippen molar-refractivity contribution >= 4 is 17.7 Å². The SMILES string of the molecule is CC#CCCC(=O)C(O)C(C(=O)OCC)C(=O)OCC. The van der Waals surface area contributed by atoms with Crippen molar-refractivity contribution < 1.29 is 29.0 Å². The summed E-state index contributed by atoms with van der Waals surface area (Å²) in [5, 5.41) is 9.87. The van der Waals surface area contributed by atoms with Crippen molar-refractivity contribution in [1.29, 1.82) is 0 Å². The Hall–Kier alpha value is -1.87. The molecule has 0 heterocycles. The molecule has 0 saturated carbocycles. The highest BCUT2D eigenvalue weighted by molar-refractivity contribution is 6.01. The Kier molecular flexibility index (Phi) is 9.05. The summed E-state index contributed by atoms with van der Waals surface area (Å²) >= 11 is 0. The Labute approximate surface area is 118 Å². The third kappa shape index (κ3) is 5.85. The number of rotatable bonds is 8. The molecule has 0 aliphatic carbocycles. The predicted octanol–water partition coefficient (Wildman–Crippen LogP) is 0.462. The minimum absolute atomic E-state index is 0.0386. The number of hydrogen-bond acceptors (Lipinski definition) is 6. The molecule has 1 unspecified atom stereocenters. The molecule has 6 nitrogen and oxygen atoms in total. The molecule has 0 fully saturated rings. The van der Waals surface area contributed by atoms with E-state index in [1.165, 1.54) is 0 Å². The molecule has 0 aliphatic rings. The van der Waals surface area contributed by atoms with Gasteiger partial charge in [0.25, 0.3) is 0 Å². The Bertz CT molecular complexity index is 386. The van der Waals surface area contributed by atoms with Crippen molar-refractivity contribution in [2.24, 2.45) is 5.92 Å². The molecular formula is C14H20O6. The van der Waals surface area contributed by atoms with E-state index in [1.807, 2.05) is 0 Å². The van der Waals surface area contributed by atoms with Crippen LogP contribution in [0.4, 0.5) is 0 Å². The molecule has 0 aromatic rings. The van der Waals surface area contributed by atoms with Gasteiger partial charge in [0.15, 0.2) is 11.7 Å². The van der Waals surface area contributed by atoms with E-state index in [4.69, 9.17) is 0 Å². The predicted molar refractivity (Wildman–Crippen MR) is 70.5 cm³/mol. The maximum absolute atomic E-state index is 11.7. The molecule has 0 aromatic heterocycles. The fourth-order valence-corrected chi connectivity index (χ4v) is 1.46. The monoisotopic (exact) mass is 284 g/mol. The van der Waals surface area contributed by atoms with Crippen molar-refractivity contribution in [3.63, 3.8) is 0 Å². The van der Waals surface area contributed by atoms with Crippen LogP contribution >= 0.6 is 0 Å². The molecule has 20 heavy (non-hydrogen) atoms. The highest BCUT2D eigenvalue weighted by Crippen LogP contribution is 2.13. The molecule has 0 amide bonds. The lowest BCUT2D eigenvalue weighted by atomic mass is 9.96. The minimum Gasteiger partial charge on any atom is -0.465 e. The van der Waals surface area contributed by atoms with Crippen LogP contribution in [0.5, 0.6) is 0 Å². The fourth-order valence-electron chi connectivity index (χ4n) is 1.46. The van der Waals surface area contributed by atoms with Crippen LogP contribution < -0.4 is 0 Å². The second-order valence-electron chi connectivity index (χ2n) is 3.82. The number of esters is 2. The molecule has 0 radical (unpaired) electrons. The quantitative estimate of drug-likeness (QED) is 0.396. The van der Waals surface area contributed by atoms with E-state index >= 15 is 0 Å². The first kappa shape index (κ1) is 18.1. The number of hydrogen-bond donors (Lipinski definition) is 1. The first-order valence-corrected chi connectivity index (χ1v) is 6.43. The van der Waals surface area contributed by atoms with Gasteiger partial charge < -0.3 is 14.6 Å². The van der Waals surface area contributed by atoms with E-state index < -0.39 is 29.7 Å². The summed E-state index contributed by atoms with van der Waals surface area (Å²) in [6, 6.07) is 0. The molecular weight excluding hydrogens is 264 g/mol. The topological polar surface area (TPSA) is 89.9 Å². The standard InChI is InChI=1S/C14H20O6/c1-4-7-8-9-10(15)12(16)11(13(17)19-5-2)14(18)20-6-3/h11-12,16H,5-6,8-9H2,1-3H3. The van der Waals surface area contributed by atoms with Crippen LogP contribution in [-0.4, -0.2) is 42.1 Å². The van der Waals surface area contributed by atoms with Crippen molar-refractivity contribution in [2.75, 3.05) is 13.2 Å². The van der Waals surface area contributed by atoms with E-state index in [0.29, 0.717) is 0 Å². The third-order valence-corrected chi connectivity index (χ3v) is 2.40. The lowest BCUT2D eigenvalue weighted by molar-refractivity contribution is -0.169. The van der Waals surface area contributed by atoms with E-state index in [2.05, 4.69) is 21.3 Å². The average molecular weight is 284 g/mol. The molecule has 0 rings (SSSR count). The summed E-state index contributed by atoms with van der Waals surface area (Å²) in [5.74, 6) is 1.07. The van der Waals surface area contributed by atoms with Crippen LogP contribution in [0.2, 0.25) is 0 Å². The molecule has 0 spiro atoms. The van der Waals surface area contributed by atoms with E-state index in [-0.39, 0.29) is 26.1 Å². The molecule has 0 saturated heterocycles. The van der Waals surface area contributed by atoms with Gasteiger partial charge in [-0.1, -0.05) is 0 Å². The van der Waals surface area contributed by atoms with Crippen LogP contribution in [0.3, 0.4) is 0 Å². The van der Waals surface area contributed by atoms with Gasteiger partial charge in [-0.15, -0.1) is 11.8 Å². The lowest BCUT2D eigenvalue weighted by Gasteiger charge is -2.18. The minimum atomic E-state index is -1.77. The highest BCUT2D eigenvalue weighted by atomic mass is 16.6. The van der Waals surface area contributed by atoms with Gasteiger partial charge >= 0.3 is 11.9 Å². The largest absolute Gasteiger partial charge is 0.465 e. The third-order valence-electron chi connectivity index (χ3n) is 2.40. The number of ketones is 1. The van der Waals surface area contributed by atoms with Gasteiger partial charge in [-0.3, -0.25) is 14.4 Å². The van der Waals surface area contributed by atoms with Gasteiger partial charge in [0.2, 0.25) is 0 Å². The number of aliphatic hydroxyl groups is 1.